The molecule has 2 unspecified atom stereocenters. The third-order valence-electron chi connectivity index (χ3n) is 3.69. The van der Waals surface area contributed by atoms with E-state index in [-0.39, 0.29) is 6.09 Å². The average molecular weight is 366 g/mol. The van der Waals surface area contributed by atoms with Crippen molar-refractivity contribution in [3.8, 4) is 0 Å². The number of alkyl halides is 1. The van der Waals surface area contributed by atoms with Gasteiger partial charge in [-0.15, -0.1) is 0 Å². The summed E-state index contributed by atoms with van der Waals surface area (Å²) in [7, 11) is 0. The maximum absolute atomic E-state index is 12.0. The maximum atomic E-state index is 12.0. The van der Waals surface area contributed by atoms with Crippen LogP contribution in [-0.4, -0.2) is 58.1 Å². The van der Waals surface area contributed by atoms with Gasteiger partial charge in [0, 0.05) is 30.1 Å². The summed E-state index contributed by atoms with van der Waals surface area (Å²) in [4.78, 5) is 16.5. The SMILES string of the molecule is CC(C)(C)OC(=O)N1CC2CCN(CCI)C2C1. The van der Waals surface area contributed by atoms with E-state index in [0.717, 1.165) is 24.1 Å². The molecule has 2 atom stereocenters. The summed E-state index contributed by atoms with van der Waals surface area (Å²) in [5.74, 6) is 0.653. The van der Waals surface area contributed by atoms with Gasteiger partial charge in [0.05, 0.1) is 0 Å². The third kappa shape index (κ3) is 3.29. The van der Waals surface area contributed by atoms with Crippen LogP contribution in [0.5, 0.6) is 0 Å². The highest BCUT2D eigenvalue weighted by atomic mass is 127. The van der Waals surface area contributed by atoms with Gasteiger partial charge in [0.1, 0.15) is 5.60 Å². The first-order valence-electron chi connectivity index (χ1n) is 6.68. The molecule has 0 aromatic rings. The zero-order valence-electron chi connectivity index (χ0n) is 11.5. The lowest BCUT2D eigenvalue weighted by Crippen LogP contribution is -2.40. The van der Waals surface area contributed by atoms with Gasteiger partial charge in [0.2, 0.25) is 0 Å². The lowest BCUT2D eigenvalue weighted by Gasteiger charge is -2.26. The van der Waals surface area contributed by atoms with Gasteiger partial charge in [-0.25, -0.2) is 4.79 Å². The standard InChI is InChI=1S/C13H23IN2O2/c1-13(2,3)18-12(17)16-8-10-4-6-15(7-5-14)11(10)9-16/h10-11H,4-9H2,1-3H3. The van der Waals surface area contributed by atoms with Crippen LogP contribution in [0.4, 0.5) is 4.79 Å². The van der Waals surface area contributed by atoms with Gasteiger partial charge in [-0.3, -0.25) is 4.90 Å². The van der Waals surface area contributed by atoms with Crippen molar-refractivity contribution in [2.24, 2.45) is 5.92 Å². The minimum atomic E-state index is -0.392. The van der Waals surface area contributed by atoms with Crippen LogP contribution in [0.1, 0.15) is 27.2 Å². The van der Waals surface area contributed by atoms with Crippen molar-refractivity contribution in [1.82, 2.24) is 9.80 Å². The van der Waals surface area contributed by atoms with E-state index in [9.17, 15) is 4.79 Å². The number of carbonyl (C=O) groups excluding carboxylic acids is 1. The quantitative estimate of drug-likeness (QED) is 0.556. The number of amides is 1. The van der Waals surface area contributed by atoms with E-state index < -0.39 is 5.60 Å². The molecule has 0 bridgehead atoms. The fraction of sp³-hybridized carbons (Fsp3) is 0.923. The number of rotatable bonds is 2. The number of carbonyl (C=O) groups is 1. The molecule has 4 nitrogen and oxygen atoms in total. The van der Waals surface area contributed by atoms with Gasteiger partial charge in [0.15, 0.2) is 0 Å². The number of ether oxygens (including phenoxy) is 1. The van der Waals surface area contributed by atoms with Gasteiger partial charge < -0.3 is 9.64 Å². The molecule has 5 heteroatoms. The van der Waals surface area contributed by atoms with Crippen molar-refractivity contribution in [3.05, 3.63) is 0 Å². The first-order valence-corrected chi connectivity index (χ1v) is 8.21. The van der Waals surface area contributed by atoms with Crippen molar-refractivity contribution in [1.29, 1.82) is 0 Å². The van der Waals surface area contributed by atoms with Gasteiger partial charge in [-0.05, 0) is 39.7 Å². The molecule has 0 aliphatic carbocycles. The van der Waals surface area contributed by atoms with Gasteiger partial charge in [0.25, 0.3) is 0 Å². The Bertz CT molecular complexity index is 315. The van der Waals surface area contributed by atoms with Crippen LogP contribution in [0.25, 0.3) is 0 Å². The maximum Gasteiger partial charge on any atom is 0.410 e. The lowest BCUT2D eigenvalue weighted by molar-refractivity contribution is 0.0273. The molecule has 18 heavy (non-hydrogen) atoms. The van der Waals surface area contributed by atoms with Crippen molar-refractivity contribution in [3.63, 3.8) is 0 Å². The zero-order valence-corrected chi connectivity index (χ0v) is 13.6. The molecule has 0 aromatic carbocycles. The van der Waals surface area contributed by atoms with Gasteiger partial charge in [-0.1, -0.05) is 22.6 Å². The number of hydrogen-bond acceptors (Lipinski definition) is 3. The predicted octanol–water partition coefficient (Wildman–Crippen LogP) is 2.36. The second-order valence-corrected chi connectivity index (χ2v) is 7.31. The normalized spacial score (nSPS) is 28.6. The number of likely N-dealkylation sites (tertiary alicyclic amines) is 2. The average Bonchev–Trinajstić information content (AvgIpc) is 2.77. The first-order chi connectivity index (χ1) is 8.40. The largest absolute Gasteiger partial charge is 0.444 e. The predicted molar refractivity (Wildman–Crippen MR) is 80.2 cm³/mol. The van der Waals surface area contributed by atoms with Crippen LogP contribution in [0, 0.1) is 5.92 Å². The molecule has 2 saturated heterocycles. The molecule has 0 spiro atoms. The topological polar surface area (TPSA) is 32.8 Å². The van der Waals surface area contributed by atoms with E-state index in [4.69, 9.17) is 4.74 Å². The summed E-state index contributed by atoms with van der Waals surface area (Å²) < 4.78 is 6.61. The Morgan fingerprint density at radius 2 is 2.11 bits per heavy atom. The molecule has 0 aromatic heterocycles. The molecule has 2 fully saturated rings. The van der Waals surface area contributed by atoms with Gasteiger partial charge in [-0.2, -0.15) is 0 Å². The fourth-order valence-electron chi connectivity index (χ4n) is 2.91. The Labute approximate surface area is 123 Å². The number of halogens is 1. The molecule has 2 aliphatic rings. The van der Waals surface area contributed by atoms with E-state index in [0.29, 0.717) is 12.0 Å². The first kappa shape index (κ1) is 14.4. The molecule has 2 rings (SSSR count). The monoisotopic (exact) mass is 366 g/mol. The number of hydrogen-bond donors (Lipinski definition) is 0. The molecular formula is C13H23IN2O2. The Kier molecular flexibility index (Phi) is 4.41. The minimum absolute atomic E-state index is 0.147. The summed E-state index contributed by atoms with van der Waals surface area (Å²) in [6.45, 7) is 9.82. The van der Waals surface area contributed by atoms with E-state index >= 15 is 0 Å². The van der Waals surface area contributed by atoms with E-state index in [1.165, 1.54) is 13.0 Å². The second-order valence-electron chi connectivity index (χ2n) is 6.23. The Hall–Kier alpha value is -0.0400. The van der Waals surface area contributed by atoms with E-state index in [1.54, 1.807) is 0 Å². The summed E-state index contributed by atoms with van der Waals surface area (Å²) in [6, 6.07) is 0.562. The lowest BCUT2D eigenvalue weighted by atomic mass is 10.1. The molecule has 0 saturated carbocycles. The highest BCUT2D eigenvalue weighted by Crippen LogP contribution is 2.32. The highest BCUT2D eigenvalue weighted by Gasteiger charge is 2.43. The number of nitrogens with zero attached hydrogens (tertiary/aromatic N) is 2. The molecule has 0 N–H and O–H groups in total. The van der Waals surface area contributed by atoms with Crippen LogP contribution in [-0.2, 0) is 4.74 Å². The van der Waals surface area contributed by atoms with Gasteiger partial charge >= 0.3 is 6.09 Å². The van der Waals surface area contributed by atoms with Crippen LogP contribution >= 0.6 is 22.6 Å². The molecular weight excluding hydrogens is 343 g/mol. The van der Waals surface area contributed by atoms with Crippen molar-refractivity contribution >= 4 is 28.7 Å². The Morgan fingerprint density at radius 3 is 2.72 bits per heavy atom. The third-order valence-corrected chi connectivity index (χ3v) is 4.17. The van der Waals surface area contributed by atoms with Crippen LogP contribution < -0.4 is 0 Å². The second kappa shape index (κ2) is 5.53. The summed E-state index contributed by atoms with van der Waals surface area (Å²) in [6.07, 6.45) is 1.08. The molecule has 2 aliphatic heterocycles. The molecule has 104 valence electrons. The summed E-state index contributed by atoms with van der Waals surface area (Å²) in [5, 5.41) is 0. The van der Waals surface area contributed by atoms with Crippen molar-refractivity contribution in [2.75, 3.05) is 30.6 Å². The van der Waals surface area contributed by atoms with Crippen LogP contribution in [0.15, 0.2) is 0 Å². The van der Waals surface area contributed by atoms with Crippen LogP contribution in [0.2, 0.25) is 0 Å². The molecule has 1 amide bonds. The Balaban J connectivity index is 1.90. The van der Waals surface area contributed by atoms with E-state index in [1.807, 2.05) is 25.7 Å². The van der Waals surface area contributed by atoms with Crippen LogP contribution in [0.3, 0.4) is 0 Å². The Morgan fingerprint density at radius 1 is 1.39 bits per heavy atom. The van der Waals surface area contributed by atoms with E-state index in [2.05, 4.69) is 27.5 Å². The van der Waals surface area contributed by atoms with Crippen molar-refractivity contribution < 1.29 is 9.53 Å². The summed E-state index contributed by atoms with van der Waals surface area (Å²) >= 11 is 2.42. The molecule has 2 heterocycles. The highest BCUT2D eigenvalue weighted by molar-refractivity contribution is 14.1. The smallest absolute Gasteiger partial charge is 0.410 e. The van der Waals surface area contributed by atoms with Crippen molar-refractivity contribution in [2.45, 2.75) is 38.8 Å². The zero-order chi connectivity index (χ0) is 13.3. The molecule has 0 radical (unpaired) electrons. The summed E-state index contributed by atoms with van der Waals surface area (Å²) in [5.41, 5.74) is -0.392. The fourth-order valence-corrected chi connectivity index (χ4v) is 3.53. The number of fused-ring (bicyclic) bond motifs is 1. The minimum Gasteiger partial charge on any atom is -0.444 e.